The molecule has 1 rings (SSSR count). The Bertz CT molecular complexity index is 128. The van der Waals surface area contributed by atoms with Crippen LogP contribution in [-0.2, 0) is 0 Å². The maximum atomic E-state index is 4.71. The predicted molar refractivity (Wildman–Crippen MR) is 44.0 cm³/mol. The molecule has 10 heavy (non-hydrogen) atoms. The first kappa shape index (κ1) is 9.28. The topological polar surface area (TPSA) is 13.1 Å². The van der Waals surface area contributed by atoms with Gasteiger partial charge in [0.05, 0.1) is 12.5 Å². The van der Waals surface area contributed by atoms with E-state index in [4.69, 9.17) is 4.42 Å². The van der Waals surface area contributed by atoms with Crippen LogP contribution in [0.1, 0.15) is 32.3 Å². The molecule has 0 N–H and O–H groups in total. The van der Waals surface area contributed by atoms with Crippen molar-refractivity contribution < 1.29 is 4.42 Å². The molecule has 0 aliphatic rings. The van der Waals surface area contributed by atoms with Crippen molar-refractivity contribution in [3.05, 3.63) is 24.2 Å². The summed E-state index contributed by atoms with van der Waals surface area (Å²) in [5.41, 5.74) is 1.18. The van der Waals surface area contributed by atoms with E-state index in [9.17, 15) is 0 Å². The molecule has 0 atom stereocenters. The van der Waals surface area contributed by atoms with Crippen LogP contribution in [0.15, 0.2) is 23.0 Å². The van der Waals surface area contributed by atoms with E-state index in [2.05, 4.69) is 13.8 Å². The van der Waals surface area contributed by atoms with Crippen LogP contribution in [0.3, 0.4) is 0 Å². The van der Waals surface area contributed by atoms with E-state index in [1.165, 1.54) is 18.4 Å². The summed E-state index contributed by atoms with van der Waals surface area (Å²) < 4.78 is 4.71. The Labute approximate surface area is 63.1 Å². The van der Waals surface area contributed by atoms with Crippen LogP contribution in [0.4, 0.5) is 0 Å². The van der Waals surface area contributed by atoms with E-state index in [1.54, 1.807) is 12.5 Å². The average molecular weight is 140 g/mol. The van der Waals surface area contributed by atoms with Gasteiger partial charge in [-0.1, -0.05) is 26.7 Å². The first-order chi connectivity index (χ1) is 4.81. The van der Waals surface area contributed by atoms with Crippen molar-refractivity contribution in [3.63, 3.8) is 0 Å². The van der Waals surface area contributed by atoms with E-state index in [-0.39, 0.29) is 0 Å². The van der Waals surface area contributed by atoms with Gasteiger partial charge in [0.2, 0.25) is 0 Å². The van der Waals surface area contributed by atoms with Gasteiger partial charge in [-0.15, -0.1) is 0 Å². The van der Waals surface area contributed by atoms with E-state index >= 15 is 0 Å². The molecule has 1 aromatic heterocycles. The van der Waals surface area contributed by atoms with Crippen molar-refractivity contribution in [1.29, 1.82) is 0 Å². The van der Waals surface area contributed by atoms with E-state index < -0.39 is 0 Å². The molecule has 0 spiro atoms. The van der Waals surface area contributed by atoms with Crippen LogP contribution in [-0.4, -0.2) is 0 Å². The number of rotatable bonds is 1. The second-order valence-corrected chi connectivity index (χ2v) is 2.30. The van der Waals surface area contributed by atoms with Crippen molar-refractivity contribution in [1.82, 2.24) is 0 Å². The highest BCUT2D eigenvalue weighted by molar-refractivity contribution is 5.00. The summed E-state index contributed by atoms with van der Waals surface area (Å²) >= 11 is 0. The summed E-state index contributed by atoms with van der Waals surface area (Å²) in [6, 6.07) is 1.92. The fourth-order valence-electron chi connectivity index (χ4n) is 0.333. The fraction of sp³-hybridized carbons (Fsp3) is 0.556. The van der Waals surface area contributed by atoms with Gasteiger partial charge in [-0.3, -0.25) is 0 Å². The molecular weight excluding hydrogens is 124 g/mol. The average Bonchev–Trinajstić information content (AvgIpc) is 2.40. The SMILES string of the molecule is CCCC.Cc1ccoc1. The molecule has 0 saturated heterocycles. The van der Waals surface area contributed by atoms with Gasteiger partial charge in [0.25, 0.3) is 0 Å². The molecule has 0 unspecified atom stereocenters. The lowest BCUT2D eigenvalue weighted by Crippen LogP contribution is -1.48. The Kier molecular flexibility index (Phi) is 5.94. The Balaban J connectivity index is 0.000000180. The van der Waals surface area contributed by atoms with Gasteiger partial charge in [-0.05, 0) is 18.6 Å². The predicted octanol–water partition coefficient (Wildman–Crippen LogP) is 3.39. The lowest BCUT2D eigenvalue weighted by atomic mass is 10.4. The van der Waals surface area contributed by atoms with Crippen molar-refractivity contribution >= 4 is 0 Å². The van der Waals surface area contributed by atoms with Gasteiger partial charge in [-0.2, -0.15) is 0 Å². The number of furan rings is 1. The summed E-state index contributed by atoms with van der Waals surface area (Å²) in [6.45, 7) is 6.35. The molecule has 1 heteroatoms. The largest absolute Gasteiger partial charge is 0.472 e. The zero-order valence-corrected chi connectivity index (χ0v) is 7.05. The van der Waals surface area contributed by atoms with Crippen molar-refractivity contribution in [2.45, 2.75) is 33.6 Å². The standard InChI is InChI=1S/C5H6O.C4H10/c1-5-2-3-6-4-5;1-3-4-2/h2-4H,1H3;3-4H2,1-2H3. The zero-order valence-electron chi connectivity index (χ0n) is 7.05. The molecule has 0 amide bonds. The van der Waals surface area contributed by atoms with Gasteiger partial charge >= 0.3 is 0 Å². The van der Waals surface area contributed by atoms with Crippen molar-refractivity contribution in [2.75, 3.05) is 0 Å². The Morgan fingerprint density at radius 3 is 2.00 bits per heavy atom. The third kappa shape index (κ3) is 5.42. The number of hydrogen-bond donors (Lipinski definition) is 0. The summed E-state index contributed by atoms with van der Waals surface area (Å²) in [6.07, 6.45) is 6.01. The minimum absolute atomic E-state index is 1.18. The minimum Gasteiger partial charge on any atom is -0.472 e. The van der Waals surface area contributed by atoms with Crippen molar-refractivity contribution in [2.24, 2.45) is 0 Å². The molecule has 1 aromatic rings. The normalized spacial score (nSPS) is 8.30. The molecule has 1 nitrogen and oxygen atoms in total. The second-order valence-electron chi connectivity index (χ2n) is 2.30. The molecule has 0 aromatic carbocycles. The van der Waals surface area contributed by atoms with Crippen LogP contribution in [0, 0.1) is 6.92 Å². The number of aryl methyl sites for hydroxylation is 1. The molecule has 0 aliphatic heterocycles. The van der Waals surface area contributed by atoms with E-state index in [0.717, 1.165) is 0 Å². The van der Waals surface area contributed by atoms with Gasteiger partial charge in [0.1, 0.15) is 0 Å². The summed E-state index contributed by atoms with van der Waals surface area (Å²) in [7, 11) is 0. The quantitative estimate of drug-likeness (QED) is 0.582. The van der Waals surface area contributed by atoms with E-state index in [1.807, 2.05) is 13.0 Å². The first-order valence-corrected chi connectivity index (χ1v) is 3.80. The van der Waals surface area contributed by atoms with Crippen LogP contribution >= 0.6 is 0 Å². The van der Waals surface area contributed by atoms with Crippen LogP contribution in [0.5, 0.6) is 0 Å². The molecule has 1 heterocycles. The van der Waals surface area contributed by atoms with Gasteiger partial charge in [0.15, 0.2) is 0 Å². The smallest absolute Gasteiger partial charge is 0.0931 e. The Morgan fingerprint density at radius 2 is 1.90 bits per heavy atom. The summed E-state index contributed by atoms with van der Waals surface area (Å²) in [4.78, 5) is 0. The molecule has 0 fully saturated rings. The van der Waals surface area contributed by atoms with Crippen LogP contribution < -0.4 is 0 Å². The molecule has 0 saturated carbocycles. The molecule has 58 valence electrons. The van der Waals surface area contributed by atoms with Crippen molar-refractivity contribution in [3.8, 4) is 0 Å². The number of unbranched alkanes of at least 4 members (excludes halogenated alkanes) is 1. The maximum absolute atomic E-state index is 4.71. The monoisotopic (exact) mass is 140 g/mol. The molecule has 0 aliphatic carbocycles. The Morgan fingerprint density at radius 1 is 1.30 bits per heavy atom. The number of hydrogen-bond acceptors (Lipinski definition) is 1. The minimum atomic E-state index is 1.18. The first-order valence-electron chi connectivity index (χ1n) is 3.80. The van der Waals surface area contributed by atoms with Crippen LogP contribution in [0.25, 0.3) is 0 Å². The summed E-state index contributed by atoms with van der Waals surface area (Å²) in [5, 5.41) is 0. The lowest BCUT2D eigenvalue weighted by Gasteiger charge is -1.68. The Hall–Kier alpha value is -0.720. The van der Waals surface area contributed by atoms with Crippen LogP contribution in [0.2, 0.25) is 0 Å². The third-order valence-corrected chi connectivity index (χ3v) is 1.16. The fourth-order valence-corrected chi connectivity index (χ4v) is 0.333. The van der Waals surface area contributed by atoms with E-state index in [0.29, 0.717) is 0 Å². The van der Waals surface area contributed by atoms with Gasteiger partial charge in [-0.25, -0.2) is 0 Å². The maximum Gasteiger partial charge on any atom is 0.0931 e. The summed E-state index contributed by atoms with van der Waals surface area (Å²) in [5.74, 6) is 0. The third-order valence-electron chi connectivity index (χ3n) is 1.16. The molecule has 0 bridgehead atoms. The molecule has 0 radical (unpaired) electrons. The highest BCUT2D eigenvalue weighted by Crippen LogP contribution is 1.93. The highest BCUT2D eigenvalue weighted by atomic mass is 16.3. The lowest BCUT2D eigenvalue weighted by molar-refractivity contribution is 0.565. The zero-order chi connectivity index (χ0) is 7.82. The highest BCUT2D eigenvalue weighted by Gasteiger charge is 1.75. The molecular formula is C9H16O. The second kappa shape index (κ2) is 6.40. The van der Waals surface area contributed by atoms with Gasteiger partial charge in [0, 0.05) is 0 Å². The van der Waals surface area contributed by atoms with Gasteiger partial charge < -0.3 is 4.42 Å².